The Hall–Kier alpha value is -0.150. The molecule has 1 heterocycles. The second kappa shape index (κ2) is 4.02. The van der Waals surface area contributed by atoms with Crippen LogP contribution < -0.4 is 0 Å². The van der Waals surface area contributed by atoms with Crippen LogP contribution in [0.3, 0.4) is 0 Å². The van der Waals surface area contributed by atoms with Crippen LogP contribution in [0, 0.1) is 0 Å². The van der Waals surface area contributed by atoms with Crippen LogP contribution in [-0.4, -0.2) is 41.9 Å². The lowest BCUT2D eigenvalue weighted by Gasteiger charge is -2.20. The maximum absolute atomic E-state index is 12.8. The zero-order valence-corrected chi connectivity index (χ0v) is 6.96. The molecule has 1 fully saturated rings. The summed E-state index contributed by atoms with van der Waals surface area (Å²) in [7, 11) is 0. The van der Waals surface area contributed by atoms with Gasteiger partial charge in [-0.25, -0.2) is 4.39 Å². The van der Waals surface area contributed by atoms with Crippen molar-refractivity contribution in [3.63, 3.8) is 0 Å². The summed E-state index contributed by atoms with van der Waals surface area (Å²) >= 11 is 0. The highest BCUT2D eigenvalue weighted by molar-refractivity contribution is 4.84. The predicted octanol–water partition coefficient (Wildman–Crippen LogP) is 0.801. The molecule has 2 atom stereocenters. The van der Waals surface area contributed by atoms with E-state index in [9.17, 15) is 4.39 Å². The zero-order valence-electron chi connectivity index (χ0n) is 6.96. The molecule has 0 aromatic heterocycles. The van der Waals surface area contributed by atoms with Crippen LogP contribution in [0.1, 0.15) is 19.8 Å². The number of hydrogen-bond acceptors (Lipinski definition) is 2. The van der Waals surface area contributed by atoms with E-state index in [-0.39, 0.29) is 12.6 Å². The van der Waals surface area contributed by atoms with Gasteiger partial charge in [-0.05, 0) is 19.4 Å². The molecule has 0 aliphatic carbocycles. The third kappa shape index (κ3) is 2.14. The molecule has 66 valence electrons. The van der Waals surface area contributed by atoms with Gasteiger partial charge in [0.1, 0.15) is 6.17 Å². The monoisotopic (exact) mass is 161 g/mol. The molecular formula is C8H16FNO. The number of alkyl halides is 1. The maximum atomic E-state index is 12.8. The van der Waals surface area contributed by atoms with Gasteiger partial charge in [0.2, 0.25) is 0 Å². The Morgan fingerprint density at radius 2 is 2.36 bits per heavy atom. The average Bonchev–Trinajstić information content (AvgIpc) is 2.32. The average molecular weight is 161 g/mol. The third-order valence-electron chi connectivity index (χ3n) is 2.20. The van der Waals surface area contributed by atoms with Crippen molar-refractivity contribution < 1.29 is 9.50 Å². The van der Waals surface area contributed by atoms with Crippen LogP contribution in [-0.2, 0) is 0 Å². The summed E-state index contributed by atoms with van der Waals surface area (Å²) in [6.45, 7) is 3.59. The van der Waals surface area contributed by atoms with Gasteiger partial charge in [-0.3, -0.25) is 4.90 Å². The third-order valence-corrected chi connectivity index (χ3v) is 2.20. The highest BCUT2D eigenvalue weighted by Crippen LogP contribution is 2.19. The molecule has 1 rings (SSSR count). The van der Waals surface area contributed by atoms with Gasteiger partial charge < -0.3 is 5.11 Å². The molecule has 1 saturated heterocycles. The Balaban J connectivity index is 2.37. The maximum Gasteiger partial charge on any atom is 0.114 e. The number of rotatable bonds is 3. The summed E-state index contributed by atoms with van der Waals surface area (Å²) in [6, 6.07) is 0.0740. The molecule has 3 heteroatoms. The van der Waals surface area contributed by atoms with Crippen molar-refractivity contribution in [2.75, 3.05) is 19.7 Å². The van der Waals surface area contributed by atoms with Gasteiger partial charge in [-0.1, -0.05) is 6.92 Å². The summed E-state index contributed by atoms with van der Waals surface area (Å²) in [6.07, 6.45) is 0.818. The van der Waals surface area contributed by atoms with Crippen molar-refractivity contribution in [1.82, 2.24) is 4.90 Å². The topological polar surface area (TPSA) is 23.5 Å². The number of halogens is 1. The molecule has 0 aromatic carbocycles. The molecule has 1 aliphatic heterocycles. The fourth-order valence-corrected chi connectivity index (χ4v) is 1.67. The fourth-order valence-electron chi connectivity index (χ4n) is 1.67. The molecule has 11 heavy (non-hydrogen) atoms. The van der Waals surface area contributed by atoms with Gasteiger partial charge in [0.15, 0.2) is 0 Å². The van der Waals surface area contributed by atoms with Crippen LogP contribution >= 0.6 is 0 Å². The second-order valence-electron chi connectivity index (χ2n) is 3.16. The molecule has 0 saturated carbocycles. The first-order valence-electron chi connectivity index (χ1n) is 4.27. The smallest absolute Gasteiger partial charge is 0.114 e. The van der Waals surface area contributed by atoms with Gasteiger partial charge in [-0.15, -0.1) is 0 Å². The van der Waals surface area contributed by atoms with E-state index in [2.05, 4.69) is 6.92 Å². The standard InChI is InChI=1S/C8H16FNO/c1-2-3-10-5-7(9)4-8(10)6-11/h7-8,11H,2-6H2,1H3. The molecule has 0 radical (unpaired) electrons. The van der Waals surface area contributed by atoms with Crippen molar-refractivity contribution in [3.05, 3.63) is 0 Å². The Labute approximate surface area is 67.0 Å². The molecule has 2 unspecified atom stereocenters. The number of nitrogens with zero attached hydrogens (tertiary/aromatic N) is 1. The van der Waals surface area contributed by atoms with Gasteiger partial charge in [-0.2, -0.15) is 0 Å². The number of hydrogen-bond donors (Lipinski definition) is 1. The van der Waals surface area contributed by atoms with E-state index in [1.54, 1.807) is 0 Å². The van der Waals surface area contributed by atoms with E-state index in [0.29, 0.717) is 13.0 Å². The van der Waals surface area contributed by atoms with Crippen LogP contribution in [0.25, 0.3) is 0 Å². The molecule has 0 spiro atoms. The predicted molar refractivity (Wildman–Crippen MR) is 42.3 cm³/mol. The van der Waals surface area contributed by atoms with Crippen molar-refractivity contribution in [2.45, 2.75) is 32.0 Å². The van der Waals surface area contributed by atoms with E-state index in [1.807, 2.05) is 4.90 Å². The van der Waals surface area contributed by atoms with Gasteiger partial charge in [0, 0.05) is 12.6 Å². The Kier molecular flexibility index (Phi) is 3.27. The normalized spacial score (nSPS) is 33.0. The highest BCUT2D eigenvalue weighted by atomic mass is 19.1. The van der Waals surface area contributed by atoms with E-state index >= 15 is 0 Å². The van der Waals surface area contributed by atoms with E-state index < -0.39 is 6.17 Å². The molecular weight excluding hydrogens is 145 g/mol. The quantitative estimate of drug-likeness (QED) is 0.662. The van der Waals surface area contributed by atoms with Crippen molar-refractivity contribution in [1.29, 1.82) is 0 Å². The summed E-state index contributed by atoms with van der Waals surface area (Å²) < 4.78 is 12.8. The SMILES string of the molecule is CCCN1CC(F)CC1CO. The molecule has 1 N–H and O–H groups in total. The number of aliphatic hydroxyl groups is 1. The molecule has 0 amide bonds. The number of aliphatic hydroxyl groups excluding tert-OH is 1. The van der Waals surface area contributed by atoms with E-state index in [0.717, 1.165) is 13.0 Å². The lowest BCUT2D eigenvalue weighted by molar-refractivity contribution is 0.159. The highest BCUT2D eigenvalue weighted by Gasteiger charge is 2.30. The lowest BCUT2D eigenvalue weighted by Crippen LogP contribution is -2.32. The van der Waals surface area contributed by atoms with E-state index in [4.69, 9.17) is 5.11 Å². The molecule has 2 nitrogen and oxygen atoms in total. The van der Waals surface area contributed by atoms with Crippen LogP contribution in [0.4, 0.5) is 4.39 Å². The van der Waals surface area contributed by atoms with Gasteiger partial charge >= 0.3 is 0 Å². The van der Waals surface area contributed by atoms with Crippen LogP contribution in [0.2, 0.25) is 0 Å². The summed E-state index contributed by atoms with van der Waals surface area (Å²) in [5.74, 6) is 0. The molecule has 0 bridgehead atoms. The largest absolute Gasteiger partial charge is 0.395 e. The molecule has 1 aliphatic rings. The fraction of sp³-hybridized carbons (Fsp3) is 1.00. The van der Waals surface area contributed by atoms with Crippen molar-refractivity contribution in [3.8, 4) is 0 Å². The van der Waals surface area contributed by atoms with E-state index in [1.165, 1.54) is 0 Å². The van der Waals surface area contributed by atoms with Gasteiger partial charge in [0.25, 0.3) is 0 Å². The Bertz CT molecular complexity index is 121. The lowest BCUT2D eigenvalue weighted by atomic mass is 10.2. The summed E-state index contributed by atoms with van der Waals surface area (Å²) in [5, 5.41) is 8.87. The van der Waals surface area contributed by atoms with Crippen LogP contribution in [0.15, 0.2) is 0 Å². The summed E-state index contributed by atoms with van der Waals surface area (Å²) in [5.41, 5.74) is 0. The first-order valence-corrected chi connectivity index (χ1v) is 4.27. The van der Waals surface area contributed by atoms with Crippen LogP contribution in [0.5, 0.6) is 0 Å². The second-order valence-corrected chi connectivity index (χ2v) is 3.16. The minimum atomic E-state index is -0.723. The minimum Gasteiger partial charge on any atom is -0.395 e. The first kappa shape index (κ1) is 8.94. The Morgan fingerprint density at radius 1 is 1.64 bits per heavy atom. The van der Waals surface area contributed by atoms with Crippen molar-refractivity contribution >= 4 is 0 Å². The molecule has 0 aromatic rings. The first-order chi connectivity index (χ1) is 5.27. The minimum absolute atomic E-state index is 0.0740. The number of likely N-dealkylation sites (tertiary alicyclic amines) is 1. The zero-order chi connectivity index (χ0) is 8.27. The Morgan fingerprint density at radius 3 is 2.91 bits per heavy atom. The van der Waals surface area contributed by atoms with Gasteiger partial charge in [0.05, 0.1) is 6.61 Å². The van der Waals surface area contributed by atoms with Crippen molar-refractivity contribution in [2.24, 2.45) is 0 Å². The summed E-state index contributed by atoms with van der Waals surface area (Å²) in [4.78, 5) is 2.03.